The number of carbonyl (C=O) groups is 2. The number of esters is 1. The number of piperidine rings is 1. The normalized spacial score (nSPS) is 16.7. The molecular formula is C23H26N2O5S. The number of aryl methyl sites for hydroxylation is 1. The van der Waals surface area contributed by atoms with Gasteiger partial charge < -0.3 is 9.64 Å². The molecule has 0 aliphatic carbocycles. The van der Waals surface area contributed by atoms with Gasteiger partial charge in [-0.2, -0.15) is 4.31 Å². The van der Waals surface area contributed by atoms with Gasteiger partial charge in [-0.1, -0.05) is 30.7 Å². The standard InChI is InChI=1S/C23H26N2O5S/c1-17-9-10-19(15-21(17)31(28,29)24-12-5-2-6-13-24)23(27)30-16-22(26)25-14-11-18-7-3-4-8-20(18)25/h3-4,7-10,15H,2,5-6,11-14,16H2,1H3. The van der Waals surface area contributed by atoms with Crippen molar-refractivity contribution in [1.29, 1.82) is 0 Å². The molecule has 0 saturated carbocycles. The maximum atomic E-state index is 13.1. The molecule has 0 atom stereocenters. The van der Waals surface area contributed by atoms with Crippen LogP contribution in [0, 0.1) is 6.92 Å². The highest BCUT2D eigenvalue weighted by molar-refractivity contribution is 7.89. The van der Waals surface area contributed by atoms with Crippen LogP contribution in [0.2, 0.25) is 0 Å². The zero-order chi connectivity index (χ0) is 22.0. The summed E-state index contributed by atoms with van der Waals surface area (Å²) >= 11 is 0. The number of benzene rings is 2. The molecule has 2 aliphatic heterocycles. The molecule has 8 heteroatoms. The predicted molar refractivity (Wildman–Crippen MR) is 117 cm³/mol. The second-order valence-corrected chi connectivity index (χ2v) is 9.85. The summed E-state index contributed by atoms with van der Waals surface area (Å²) in [5, 5.41) is 0. The highest BCUT2D eigenvalue weighted by atomic mass is 32.2. The summed E-state index contributed by atoms with van der Waals surface area (Å²) in [6, 6.07) is 12.1. The maximum Gasteiger partial charge on any atom is 0.338 e. The predicted octanol–water partition coefficient (Wildman–Crippen LogP) is 2.92. The molecule has 1 saturated heterocycles. The summed E-state index contributed by atoms with van der Waals surface area (Å²) in [5.74, 6) is -1.01. The van der Waals surface area contributed by atoms with E-state index >= 15 is 0 Å². The topological polar surface area (TPSA) is 84.0 Å². The van der Waals surface area contributed by atoms with Crippen molar-refractivity contribution < 1.29 is 22.7 Å². The average molecular weight is 443 g/mol. The van der Waals surface area contributed by atoms with Crippen LogP contribution < -0.4 is 4.90 Å². The van der Waals surface area contributed by atoms with Crippen molar-refractivity contribution in [2.45, 2.75) is 37.5 Å². The Hall–Kier alpha value is -2.71. The van der Waals surface area contributed by atoms with E-state index in [-0.39, 0.29) is 16.4 Å². The van der Waals surface area contributed by atoms with Crippen molar-refractivity contribution in [3.8, 4) is 0 Å². The number of amides is 1. The number of hydrogen-bond acceptors (Lipinski definition) is 5. The van der Waals surface area contributed by atoms with E-state index in [1.807, 2.05) is 24.3 Å². The maximum absolute atomic E-state index is 13.1. The van der Waals surface area contributed by atoms with Crippen molar-refractivity contribution in [2.75, 3.05) is 31.1 Å². The van der Waals surface area contributed by atoms with Gasteiger partial charge in [0.25, 0.3) is 5.91 Å². The lowest BCUT2D eigenvalue weighted by molar-refractivity contribution is -0.121. The van der Waals surface area contributed by atoms with Gasteiger partial charge in [0.15, 0.2) is 6.61 Å². The third-order valence-electron chi connectivity index (χ3n) is 5.87. The lowest BCUT2D eigenvalue weighted by atomic mass is 10.1. The first-order valence-electron chi connectivity index (χ1n) is 10.5. The van der Waals surface area contributed by atoms with Crippen molar-refractivity contribution in [3.63, 3.8) is 0 Å². The summed E-state index contributed by atoms with van der Waals surface area (Å²) in [6.45, 7) is 2.85. The Bertz CT molecular complexity index is 1110. The minimum absolute atomic E-state index is 0.114. The number of nitrogens with zero attached hydrogens (tertiary/aromatic N) is 2. The first kappa shape index (κ1) is 21.5. The summed E-state index contributed by atoms with van der Waals surface area (Å²) < 4.78 is 32.8. The molecule has 2 heterocycles. The van der Waals surface area contributed by atoms with E-state index in [0.29, 0.717) is 25.2 Å². The Kier molecular flexibility index (Phi) is 6.11. The number of sulfonamides is 1. The minimum atomic E-state index is -3.68. The fourth-order valence-electron chi connectivity index (χ4n) is 4.14. The molecule has 31 heavy (non-hydrogen) atoms. The van der Waals surface area contributed by atoms with Crippen LogP contribution in [-0.4, -0.2) is 50.8 Å². The zero-order valence-corrected chi connectivity index (χ0v) is 18.4. The molecular weight excluding hydrogens is 416 g/mol. The van der Waals surface area contributed by atoms with Gasteiger partial charge in [0.05, 0.1) is 10.5 Å². The quantitative estimate of drug-likeness (QED) is 0.665. The Labute approximate surface area is 182 Å². The third kappa shape index (κ3) is 4.36. The number of carbonyl (C=O) groups excluding carboxylic acids is 2. The van der Waals surface area contributed by atoms with E-state index in [1.54, 1.807) is 17.9 Å². The molecule has 0 aromatic heterocycles. The SMILES string of the molecule is Cc1ccc(C(=O)OCC(=O)N2CCc3ccccc32)cc1S(=O)(=O)N1CCCCC1. The smallest absolute Gasteiger partial charge is 0.338 e. The molecule has 2 aliphatic rings. The van der Waals surface area contributed by atoms with Gasteiger partial charge >= 0.3 is 5.97 Å². The molecule has 4 rings (SSSR count). The van der Waals surface area contributed by atoms with Gasteiger partial charge in [0, 0.05) is 25.3 Å². The molecule has 2 aromatic rings. The Morgan fingerprint density at radius 1 is 1.00 bits per heavy atom. The number of ether oxygens (including phenoxy) is 1. The van der Waals surface area contributed by atoms with Crippen molar-refractivity contribution in [3.05, 3.63) is 59.2 Å². The minimum Gasteiger partial charge on any atom is -0.452 e. The van der Waals surface area contributed by atoms with Crippen LogP contribution in [-0.2, 0) is 26.0 Å². The Morgan fingerprint density at radius 2 is 1.74 bits per heavy atom. The molecule has 164 valence electrons. The van der Waals surface area contributed by atoms with E-state index in [4.69, 9.17) is 4.74 Å². The van der Waals surface area contributed by atoms with Gasteiger partial charge in [-0.15, -0.1) is 0 Å². The summed E-state index contributed by atoms with van der Waals surface area (Å²) in [5.41, 5.74) is 2.63. The second-order valence-electron chi connectivity index (χ2n) is 7.95. The van der Waals surface area contributed by atoms with E-state index in [0.717, 1.165) is 36.9 Å². The lowest BCUT2D eigenvalue weighted by Gasteiger charge is -2.26. The van der Waals surface area contributed by atoms with Gasteiger partial charge in [-0.3, -0.25) is 4.79 Å². The third-order valence-corrected chi connectivity index (χ3v) is 7.91. The fraction of sp³-hybridized carbons (Fsp3) is 0.391. The van der Waals surface area contributed by atoms with Crippen LogP contribution in [0.15, 0.2) is 47.4 Å². The van der Waals surface area contributed by atoms with E-state index in [2.05, 4.69) is 0 Å². The van der Waals surface area contributed by atoms with Crippen molar-refractivity contribution in [1.82, 2.24) is 4.31 Å². The number of anilines is 1. The first-order valence-corrected chi connectivity index (χ1v) is 12.0. The molecule has 2 aromatic carbocycles. The van der Waals surface area contributed by atoms with Crippen LogP contribution >= 0.6 is 0 Å². The number of fused-ring (bicyclic) bond motifs is 1. The van der Waals surface area contributed by atoms with Crippen LogP contribution in [0.25, 0.3) is 0 Å². The van der Waals surface area contributed by atoms with E-state index < -0.39 is 22.6 Å². The summed E-state index contributed by atoms with van der Waals surface area (Å²) in [7, 11) is -3.68. The van der Waals surface area contributed by atoms with Crippen LogP contribution in [0.5, 0.6) is 0 Å². The van der Waals surface area contributed by atoms with E-state index in [1.165, 1.54) is 16.4 Å². The molecule has 7 nitrogen and oxygen atoms in total. The largest absolute Gasteiger partial charge is 0.452 e. The Morgan fingerprint density at radius 3 is 2.52 bits per heavy atom. The first-order chi connectivity index (χ1) is 14.9. The fourth-order valence-corrected chi connectivity index (χ4v) is 5.90. The van der Waals surface area contributed by atoms with Gasteiger partial charge in [-0.25, -0.2) is 13.2 Å². The monoisotopic (exact) mass is 442 g/mol. The van der Waals surface area contributed by atoms with E-state index in [9.17, 15) is 18.0 Å². The molecule has 0 N–H and O–H groups in total. The van der Waals surface area contributed by atoms with Gasteiger partial charge in [0.1, 0.15) is 0 Å². The lowest BCUT2D eigenvalue weighted by Crippen LogP contribution is -2.36. The number of para-hydroxylation sites is 1. The zero-order valence-electron chi connectivity index (χ0n) is 17.5. The molecule has 1 fully saturated rings. The Balaban J connectivity index is 1.46. The summed E-state index contributed by atoms with van der Waals surface area (Å²) in [4.78, 5) is 26.9. The number of rotatable bonds is 5. The highest BCUT2D eigenvalue weighted by Gasteiger charge is 2.29. The summed E-state index contributed by atoms with van der Waals surface area (Å²) in [6.07, 6.45) is 3.46. The van der Waals surface area contributed by atoms with Gasteiger partial charge in [0.2, 0.25) is 10.0 Å². The van der Waals surface area contributed by atoms with Crippen LogP contribution in [0.1, 0.15) is 40.7 Å². The average Bonchev–Trinajstić information content (AvgIpc) is 3.22. The molecule has 0 spiro atoms. The molecule has 1 amide bonds. The number of hydrogen-bond donors (Lipinski definition) is 0. The van der Waals surface area contributed by atoms with Gasteiger partial charge in [-0.05, 0) is 55.5 Å². The van der Waals surface area contributed by atoms with Crippen LogP contribution in [0.3, 0.4) is 0 Å². The second kappa shape index (κ2) is 8.80. The molecule has 0 unspecified atom stereocenters. The van der Waals surface area contributed by atoms with Crippen molar-refractivity contribution >= 4 is 27.6 Å². The van der Waals surface area contributed by atoms with Crippen LogP contribution in [0.4, 0.5) is 5.69 Å². The molecule has 0 bridgehead atoms. The highest BCUT2D eigenvalue weighted by Crippen LogP contribution is 2.28. The van der Waals surface area contributed by atoms with Crippen molar-refractivity contribution in [2.24, 2.45) is 0 Å². The molecule has 0 radical (unpaired) electrons.